The monoisotopic (exact) mass is 387 g/mol. The van der Waals surface area contributed by atoms with Crippen LogP contribution in [-0.4, -0.2) is 23.7 Å². The molecule has 1 aromatic rings. The Bertz CT molecular complexity index is 623. The zero-order valence-electron chi connectivity index (χ0n) is 15.7. The van der Waals surface area contributed by atoms with E-state index in [0.717, 1.165) is 24.2 Å². The van der Waals surface area contributed by atoms with Gasteiger partial charge in [0.1, 0.15) is 16.9 Å². The molecule has 0 spiro atoms. The summed E-state index contributed by atoms with van der Waals surface area (Å²) < 4.78 is 33.4. The largest absolute Gasteiger partial charge is 0.465 e. The molecule has 0 aliphatic heterocycles. The Hall–Kier alpha value is -1.63. The van der Waals surface area contributed by atoms with E-state index in [1.165, 1.54) is 6.07 Å². The predicted molar refractivity (Wildman–Crippen MR) is 100 cm³/mol. The quantitative estimate of drug-likeness (QED) is 0.445. The van der Waals surface area contributed by atoms with E-state index in [9.17, 15) is 18.4 Å². The number of carbonyl (C=O) groups is 2. The van der Waals surface area contributed by atoms with Gasteiger partial charge in [0.05, 0.1) is 12.3 Å². The van der Waals surface area contributed by atoms with Gasteiger partial charge in [-0.05, 0) is 24.8 Å². The van der Waals surface area contributed by atoms with Crippen LogP contribution >= 0.6 is 11.8 Å². The smallest absolute Gasteiger partial charge is 0.319 e. The van der Waals surface area contributed by atoms with Gasteiger partial charge in [0.15, 0.2) is 0 Å². The van der Waals surface area contributed by atoms with Gasteiger partial charge < -0.3 is 10.1 Å². The molecule has 1 unspecified atom stereocenters. The third-order valence-corrected chi connectivity index (χ3v) is 4.69. The minimum Gasteiger partial charge on any atom is -0.465 e. The topological polar surface area (TPSA) is 55.4 Å². The molecule has 1 N–H and O–H groups in total. The summed E-state index contributed by atoms with van der Waals surface area (Å²) in [4.78, 5) is 24.1. The fourth-order valence-electron chi connectivity index (χ4n) is 2.14. The van der Waals surface area contributed by atoms with Crippen molar-refractivity contribution >= 4 is 29.3 Å². The molecule has 1 aromatic carbocycles. The minimum absolute atomic E-state index is 0.0850. The molecule has 4 nitrogen and oxygen atoms in total. The average molecular weight is 387 g/mol. The second-order valence-electron chi connectivity index (χ2n) is 6.48. The first-order chi connectivity index (χ1) is 12.3. The summed E-state index contributed by atoms with van der Waals surface area (Å²) in [5, 5.41) is 1.86. The normalized spacial score (nSPS) is 12.1. The highest BCUT2D eigenvalue weighted by Crippen LogP contribution is 2.33. The fraction of sp³-hybridized carbons (Fsp3) is 0.579. The number of rotatable bonds is 10. The number of amides is 1. The van der Waals surface area contributed by atoms with Crippen molar-refractivity contribution in [2.45, 2.75) is 63.5 Å². The molecule has 0 fully saturated rings. The third kappa shape index (κ3) is 7.32. The lowest BCUT2D eigenvalue weighted by Crippen LogP contribution is -2.22. The molecule has 0 radical (unpaired) electrons. The highest BCUT2D eigenvalue weighted by atomic mass is 32.2. The Balaban J connectivity index is 2.96. The first-order valence-corrected chi connectivity index (χ1v) is 9.78. The van der Waals surface area contributed by atoms with Crippen molar-refractivity contribution < 1.29 is 23.1 Å². The van der Waals surface area contributed by atoms with E-state index < -0.39 is 22.9 Å². The summed E-state index contributed by atoms with van der Waals surface area (Å²) in [5.74, 6) is -2.15. The molecule has 0 saturated carbocycles. The molecule has 146 valence electrons. The van der Waals surface area contributed by atoms with Crippen LogP contribution in [0.3, 0.4) is 0 Å². The van der Waals surface area contributed by atoms with Gasteiger partial charge in [-0.3, -0.25) is 9.59 Å². The molecule has 0 bridgehead atoms. The molecule has 1 atom stereocenters. The first kappa shape index (κ1) is 22.4. The number of hydrogen-bond acceptors (Lipinski definition) is 4. The van der Waals surface area contributed by atoms with Crippen LogP contribution in [0.25, 0.3) is 0 Å². The van der Waals surface area contributed by atoms with Crippen molar-refractivity contribution in [3.63, 3.8) is 0 Å². The number of hydrogen-bond donors (Lipinski definition) is 1. The van der Waals surface area contributed by atoms with E-state index in [0.29, 0.717) is 19.4 Å². The molecule has 0 aromatic heterocycles. The third-order valence-electron chi connectivity index (χ3n) is 3.41. The van der Waals surface area contributed by atoms with Gasteiger partial charge in [-0.25, -0.2) is 8.78 Å². The maximum Gasteiger partial charge on any atom is 0.319 e. The van der Waals surface area contributed by atoms with Crippen molar-refractivity contribution in [2.24, 2.45) is 5.92 Å². The van der Waals surface area contributed by atoms with Crippen LogP contribution < -0.4 is 5.32 Å². The van der Waals surface area contributed by atoms with Crippen LogP contribution in [0.5, 0.6) is 0 Å². The molecule has 1 rings (SSSR count). The van der Waals surface area contributed by atoms with E-state index >= 15 is 0 Å². The van der Waals surface area contributed by atoms with Gasteiger partial charge in [-0.15, -0.1) is 11.8 Å². The number of halogens is 2. The number of ether oxygens (including phenoxy) is 1. The van der Waals surface area contributed by atoms with E-state index in [2.05, 4.69) is 5.32 Å². The van der Waals surface area contributed by atoms with Crippen LogP contribution in [0.2, 0.25) is 0 Å². The molecule has 26 heavy (non-hydrogen) atoms. The number of benzene rings is 1. The SMILES string of the molecule is CCCC(=O)Nc1cc(SC(CCC)C(=O)OCC(C)C)c(F)cc1F. The number of esters is 1. The Labute approximate surface area is 158 Å². The lowest BCUT2D eigenvalue weighted by atomic mass is 10.2. The maximum atomic E-state index is 14.2. The molecule has 1 amide bonds. The van der Waals surface area contributed by atoms with Crippen molar-refractivity contribution in [1.82, 2.24) is 0 Å². The Morgan fingerprint density at radius 2 is 1.85 bits per heavy atom. The van der Waals surface area contributed by atoms with Crippen LogP contribution in [0, 0.1) is 17.6 Å². The zero-order chi connectivity index (χ0) is 19.7. The average Bonchev–Trinajstić information content (AvgIpc) is 2.56. The van der Waals surface area contributed by atoms with Gasteiger partial charge in [-0.1, -0.05) is 34.1 Å². The van der Waals surface area contributed by atoms with Crippen molar-refractivity contribution in [1.29, 1.82) is 0 Å². The summed E-state index contributed by atoms with van der Waals surface area (Å²) >= 11 is 0.995. The van der Waals surface area contributed by atoms with Crippen molar-refractivity contribution in [2.75, 3.05) is 11.9 Å². The summed E-state index contributed by atoms with van der Waals surface area (Å²) in [6.07, 6.45) is 2.10. The number of nitrogens with one attached hydrogen (secondary N) is 1. The molecule has 0 heterocycles. The lowest BCUT2D eigenvalue weighted by molar-refractivity contribution is -0.144. The van der Waals surface area contributed by atoms with E-state index in [1.807, 2.05) is 27.7 Å². The standard InChI is InChI=1S/C19H27F2NO3S/c1-5-7-16(19(24)25-11-12(3)4)26-17-10-15(13(20)9-14(17)21)22-18(23)8-6-2/h9-10,12,16H,5-8,11H2,1-4H3,(H,22,23). The van der Waals surface area contributed by atoms with E-state index in [4.69, 9.17) is 4.74 Å². The van der Waals surface area contributed by atoms with Gasteiger partial charge >= 0.3 is 5.97 Å². The summed E-state index contributed by atoms with van der Waals surface area (Å²) in [5.41, 5.74) is -0.0850. The molecule has 0 aliphatic rings. The minimum atomic E-state index is -0.842. The number of anilines is 1. The van der Waals surface area contributed by atoms with Gasteiger partial charge in [0.25, 0.3) is 0 Å². The maximum absolute atomic E-state index is 14.2. The van der Waals surface area contributed by atoms with E-state index in [1.54, 1.807) is 0 Å². The van der Waals surface area contributed by atoms with Crippen LogP contribution in [0.15, 0.2) is 17.0 Å². The molecular formula is C19H27F2NO3S. The Kier molecular flexibility index (Phi) is 9.62. The highest BCUT2D eigenvalue weighted by Gasteiger charge is 2.23. The first-order valence-electron chi connectivity index (χ1n) is 8.90. The molecular weight excluding hydrogens is 360 g/mol. The van der Waals surface area contributed by atoms with Crippen molar-refractivity contribution in [3.8, 4) is 0 Å². The van der Waals surface area contributed by atoms with Gasteiger partial charge in [0.2, 0.25) is 5.91 Å². The Morgan fingerprint density at radius 3 is 2.42 bits per heavy atom. The van der Waals surface area contributed by atoms with E-state index in [-0.39, 0.29) is 28.8 Å². The van der Waals surface area contributed by atoms with Crippen LogP contribution in [0.1, 0.15) is 53.4 Å². The predicted octanol–water partition coefficient (Wildman–Crippen LogP) is 5.16. The van der Waals surface area contributed by atoms with Crippen LogP contribution in [-0.2, 0) is 14.3 Å². The van der Waals surface area contributed by atoms with Gasteiger partial charge in [0, 0.05) is 17.4 Å². The molecule has 0 saturated heterocycles. The zero-order valence-corrected chi connectivity index (χ0v) is 16.6. The molecule has 7 heteroatoms. The Morgan fingerprint density at radius 1 is 1.15 bits per heavy atom. The molecule has 0 aliphatic carbocycles. The van der Waals surface area contributed by atoms with Crippen LogP contribution in [0.4, 0.5) is 14.5 Å². The highest BCUT2D eigenvalue weighted by molar-refractivity contribution is 8.00. The number of carbonyl (C=O) groups excluding carboxylic acids is 2. The summed E-state index contributed by atoms with van der Waals surface area (Å²) in [6, 6.07) is 1.97. The second-order valence-corrected chi connectivity index (χ2v) is 7.72. The second kappa shape index (κ2) is 11.2. The lowest BCUT2D eigenvalue weighted by Gasteiger charge is -2.17. The number of thioether (sulfide) groups is 1. The summed E-state index contributed by atoms with van der Waals surface area (Å²) in [7, 11) is 0. The summed E-state index contributed by atoms with van der Waals surface area (Å²) in [6.45, 7) is 7.91. The van der Waals surface area contributed by atoms with Crippen molar-refractivity contribution in [3.05, 3.63) is 23.8 Å². The van der Waals surface area contributed by atoms with Gasteiger partial charge in [-0.2, -0.15) is 0 Å². The fourth-order valence-corrected chi connectivity index (χ4v) is 3.32.